The lowest BCUT2D eigenvalue weighted by Crippen LogP contribution is -2.31. The zero-order valence-electron chi connectivity index (χ0n) is 14.7. The molecule has 4 rings (SSSR count). The first-order valence-corrected chi connectivity index (χ1v) is 9.16. The molecule has 0 N–H and O–H groups in total. The maximum Gasteiger partial charge on any atom is 0.247 e. The smallest absolute Gasteiger partial charge is 0.247 e. The van der Waals surface area contributed by atoms with Crippen LogP contribution < -0.4 is 9.64 Å². The number of hydrogen-bond acceptors (Lipinski definition) is 7. The lowest BCUT2D eigenvalue weighted by Gasteiger charge is -2.15. The van der Waals surface area contributed by atoms with E-state index in [1.807, 2.05) is 0 Å². The van der Waals surface area contributed by atoms with E-state index in [2.05, 4.69) is 15.5 Å². The number of hydrogen-bond donors (Lipinski definition) is 0. The minimum atomic E-state index is -0.653. The summed E-state index contributed by atoms with van der Waals surface area (Å²) in [5, 5.41) is 11.1. The van der Waals surface area contributed by atoms with Gasteiger partial charge in [0, 0.05) is 6.42 Å². The van der Waals surface area contributed by atoms with Gasteiger partial charge < -0.3 is 4.74 Å². The first-order valence-electron chi connectivity index (χ1n) is 8.28. The van der Waals surface area contributed by atoms with Gasteiger partial charge in [0.1, 0.15) is 16.8 Å². The highest BCUT2D eigenvalue weighted by Gasteiger charge is 2.41. The number of tetrazole rings is 1. The molecule has 0 bridgehead atoms. The first-order chi connectivity index (χ1) is 13.6. The minimum Gasteiger partial charge on any atom is -0.497 e. The fraction of sp³-hybridized carbons (Fsp3) is 0.167. The van der Waals surface area contributed by atoms with Crippen LogP contribution in [0, 0.1) is 5.82 Å². The Kier molecular flexibility index (Phi) is 4.78. The number of anilines is 1. The van der Waals surface area contributed by atoms with E-state index in [1.165, 1.54) is 28.9 Å². The fourth-order valence-corrected chi connectivity index (χ4v) is 3.83. The van der Waals surface area contributed by atoms with Gasteiger partial charge in [-0.2, -0.15) is 4.68 Å². The van der Waals surface area contributed by atoms with Gasteiger partial charge in [0.15, 0.2) is 0 Å². The predicted molar refractivity (Wildman–Crippen MR) is 98.9 cm³/mol. The van der Waals surface area contributed by atoms with Gasteiger partial charge >= 0.3 is 0 Å². The second-order valence-electron chi connectivity index (χ2n) is 5.93. The number of thioether (sulfide) groups is 1. The number of methoxy groups -OCH3 is 1. The SMILES string of the molecule is COc1ccc(N2C(=O)C[C@@H](Sc3nnnn3-c3ccc(F)cc3)C2=O)cc1. The summed E-state index contributed by atoms with van der Waals surface area (Å²) in [6, 6.07) is 12.3. The van der Waals surface area contributed by atoms with E-state index >= 15 is 0 Å². The van der Waals surface area contributed by atoms with Crippen molar-refractivity contribution in [1.29, 1.82) is 0 Å². The zero-order valence-corrected chi connectivity index (χ0v) is 15.5. The lowest BCUT2D eigenvalue weighted by molar-refractivity contribution is -0.121. The molecule has 2 amide bonds. The van der Waals surface area contributed by atoms with Gasteiger partial charge in [0.05, 0.1) is 18.5 Å². The Labute approximate surface area is 163 Å². The molecule has 1 aliphatic heterocycles. The molecular weight excluding hydrogens is 385 g/mol. The molecule has 0 radical (unpaired) electrons. The first kappa shape index (κ1) is 18.1. The summed E-state index contributed by atoms with van der Waals surface area (Å²) in [4.78, 5) is 26.4. The van der Waals surface area contributed by atoms with E-state index in [-0.39, 0.29) is 24.1 Å². The Morgan fingerprint density at radius 1 is 1.07 bits per heavy atom. The second-order valence-corrected chi connectivity index (χ2v) is 7.10. The van der Waals surface area contributed by atoms with Crippen molar-refractivity contribution in [1.82, 2.24) is 20.2 Å². The zero-order chi connectivity index (χ0) is 19.7. The highest BCUT2D eigenvalue weighted by Crippen LogP contribution is 2.34. The van der Waals surface area contributed by atoms with Crippen LogP contribution in [0.15, 0.2) is 53.7 Å². The van der Waals surface area contributed by atoms with E-state index in [1.54, 1.807) is 31.4 Å². The largest absolute Gasteiger partial charge is 0.497 e. The number of carbonyl (C=O) groups is 2. The highest BCUT2D eigenvalue weighted by atomic mass is 32.2. The maximum atomic E-state index is 13.1. The quantitative estimate of drug-likeness (QED) is 0.608. The Morgan fingerprint density at radius 2 is 1.75 bits per heavy atom. The Morgan fingerprint density at radius 3 is 2.43 bits per heavy atom. The molecule has 1 fully saturated rings. The van der Waals surface area contributed by atoms with Crippen molar-refractivity contribution in [3.05, 3.63) is 54.3 Å². The summed E-state index contributed by atoms with van der Waals surface area (Å²) >= 11 is 1.10. The third kappa shape index (κ3) is 3.33. The molecule has 28 heavy (non-hydrogen) atoms. The number of ether oxygens (including phenoxy) is 1. The molecule has 3 aromatic rings. The molecule has 1 atom stereocenters. The van der Waals surface area contributed by atoms with Gasteiger partial charge in [0.25, 0.3) is 0 Å². The van der Waals surface area contributed by atoms with Gasteiger partial charge in [-0.1, -0.05) is 11.8 Å². The number of rotatable bonds is 5. The van der Waals surface area contributed by atoms with Crippen LogP contribution >= 0.6 is 11.8 Å². The monoisotopic (exact) mass is 399 g/mol. The second kappa shape index (κ2) is 7.39. The summed E-state index contributed by atoms with van der Waals surface area (Å²) < 4.78 is 19.6. The van der Waals surface area contributed by atoms with Crippen molar-refractivity contribution in [3.8, 4) is 11.4 Å². The van der Waals surface area contributed by atoms with E-state index in [9.17, 15) is 14.0 Å². The Balaban J connectivity index is 1.55. The van der Waals surface area contributed by atoms with Gasteiger partial charge in [-0.3, -0.25) is 9.59 Å². The molecule has 1 saturated heterocycles. The molecule has 2 aromatic carbocycles. The maximum absolute atomic E-state index is 13.1. The van der Waals surface area contributed by atoms with Crippen LogP contribution in [0.3, 0.4) is 0 Å². The van der Waals surface area contributed by atoms with Crippen LogP contribution in [0.2, 0.25) is 0 Å². The minimum absolute atomic E-state index is 0.0335. The van der Waals surface area contributed by atoms with Crippen LogP contribution in [0.4, 0.5) is 10.1 Å². The number of aromatic nitrogens is 4. The number of nitrogens with zero attached hydrogens (tertiary/aromatic N) is 5. The van der Waals surface area contributed by atoms with Crippen molar-refractivity contribution >= 4 is 29.3 Å². The third-order valence-corrected chi connectivity index (χ3v) is 5.31. The molecule has 0 unspecified atom stereocenters. The van der Waals surface area contributed by atoms with Crippen molar-refractivity contribution in [3.63, 3.8) is 0 Å². The molecule has 1 aromatic heterocycles. The topological polar surface area (TPSA) is 90.2 Å². The highest BCUT2D eigenvalue weighted by molar-refractivity contribution is 8.00. The van der Waals surface area contributed by atoms with Crippen LogP contribution in [-0.4, -0.2) is 44.4 Å². The molecule has 2 heterocycles. The summed E-state index contributed by atoms with van der Waals surface area (Å²) in [6.45, 7) is 0. The van der Waals surface area contributed by atoms with Crippen molar-refractivity contribution in [2.24, 2.45) is 0 Å². The number of benzene rings is 2. The van der Waals surface area contributed by atoms with Crippen LogP contribution in [0.1, 0.15) is 6.42 Å². The summed E-state index contributed by atoms with van der Waals surface area (Å²) in [5.74, 6) is -0.382. The van der Waals surface area contributed by atoms with E-state index in [0.29, 0.717) is 22.3 Å². The third-order valence-electron chi connectivity index (χ3n) is 4.20. The van der Waals surface area contributed by atoms with E-state index in [4.69, 9.17) is 4.74 Å². The summed E-state index contributed by atoms with van der Waals surface area (Å²) in [5.41, 5.74) is 1.04. The van der Waals surface area contributed by atoms with E-state index in [0.717, 1.165) is 16.7 Å². The summed E-state index contributed by atoms with van der Waals surface area (Å²) in [6.07, 6.45) is 0.0335. The molecule has 10 heteroatoms. The number of halogens is 1. The van der Waals surface area contributed by atoms with Gasteiger partial charge in [-0.05, 0) is 59.0 Å². The normalized spacial score (nSPS) is 16.6. The van der Waals surface area contributed by atoms with Crippen molar-refractivity contribution in [2.45, 2.75) is 16.8 Å². The number of imide groups is 1. The van der Waals surface area contributed by atoms with Crippen LogP contribution in [-0.2, 0) is 9.59 Å². The average Bonchev–Trinajstić information content (AvgIpc) is 3.27. The molecule has 0 aliphatic carbocycles. The van der Waals surface area contributed by atoms with Gasteiger partial charge in [-0.25, -0.2) is 9.29 Å². The lowest BCUT2D eigenvalue weighted by atomic mass is 10.3. The van der Waals surface area contributed by atoms with Crippen LogP contribution in [0.25, 0.3) is 5.69 Å². The van der Waals surface area contributed by atoms with Gasteiger partial charge in [0.2, 0.25) is 17.0 Å². The molecule has 8 nitrogen and oxygen atoms in total. The molecule has 0 saturated carbocycles. The van der Waals surface area contributed by atoms with Crippen molar-refractivity contribution < 1.29 is 18.7 Å². The molecule has 0 spiro atoms. The molecular formula is C18H14FN5O3S. The van der Waals surface area contributed by atoms with Gasteiger partial charge in [-0.15, -0.1) is 5.10 Å². The molecule has 1 aliphatic rings. The average molecular weight is 399 g/mol. The Hall–Kier alpha value is -3.27. The number of carbonyl (C=O) groups excluding carboxylic acids is 2. The fourth-order valence-electron chi connectivity index (χ4n) is 2.82. The standard InChI is InChI=1S/C18H14FN5O3S/c1-27-14-8-6-12(7-9-14)23-16(25)10-15(17(23)26)28-18-20-21-22-24(18)13-4-2-11(19)3-5-13/h2-9,15H,10H2,1H3/t15-/m1/s1. The number of amides is 2. The van der Waals surface area contributed by atoms with E-state index < -0.39 is 5.25 Å². The van der Waals surface area contributed by atoms with Crippen molar-refractivity contribution in [2.75, 3.05) is 12.0 Å². The molecule has 142 valence electrons. The summed E-state index contributed by atoms with van der Waals surface area (Å²) in [7, 11) is 1.54. The Bertz CT molecular complexity index is 1020. The van der Waals surface area contributed by atoms with Crippen LogP contribution in [0.5, 0.6) is 5.75 Å². The predicted octanol–water partition coefficient (Wildman–Crippen LogP) is 2.23.